The Bertz CT molecular complexity index is 1310. The Kier molecular flexibility index (Phi) is 5.47. The first-order valence-corrected chi connectivity index (χ1v) is 12.5. The summed E-state index contributed by atoms with van der Waals surface area (Å²) in [4.78, 5) is 30.7. The maximum Gasteiger partial charge on any atom is 0.274 e. The van der Waals surface area contributed by atoms with Crippen LogP contribution in [0.3, 0.4) is 0 Å². The summed E-state index contributed by atoms with van der Waals surface area (Å²) in [7, 11) is 1.78. The Morgan fingerprint density at radius 2 is 2.03 bits per heavy atom. The lowest BCUT2D eigenvalue weighted by molar-refractivity contribution is -0.0334. The van der Waals surface area contributed by atoms with Gasteiger partial charge in [-0.3, -0.25) is 9.59 Å². The van der Waals surface area contributed by atoms with Crippen molar-refractivity contribution in [2.45, 2.75) is 69.1 Å². The lowest BCUT2D eigenvalue weighted by atomic mass is 9.80. The SMILES string of the molecule is CNc1cc(Nc2cccn([C@H]3CC[C@]4(CCCO4)CC3)c2=O)nc2c(C(=O)NC3CC3)cnn12. The van der Waals surface area contributed by atoms with Crippen molar-refractivity contribution in [2.75, 3.05) is 24.3 Å². The van der Waals surface area contributed by atoms with Crippen molar-refractivity contribution in [3.8, 4) is 0 Å². The van der Waals surface area contributed by atoms with Crippen LogP contribution in [0.2, 0.25) is 0 Å². The highest BCUT2D eigenvalue weighted by Gasteiger charge is 2.39. The summed E-state index contributed by atoms with van der Waals surface area (Å²) >= 11 is 0. The summed E-state index contributed by atoms with van der Waals surface area (Å²) in [5.74, 6) is 0.950. The number of anilines is 3. The molecule has 3 N–H and O–H groups in total. The Morgan fingerprint density at radius 3 is 2.74 bits per heavy atom. The number of ether oxygens (including phenoxy) is 1. The molecule has 1 spiro atoms. The molecule has 3 aliphatic rings. The van der Waals surface area contributed by atoms with Crippen molar-refractivity contribution in [3.05, 3.63) is 46.5 Å². The Morgan fingerprint density at radius 1 is 1.20 bits per heavy atom. The molecular formula is C25H31N7O3. The molecule has 6 rings (SSSR count). The van der Waals surface area contributed by atoms with E-state index >= 15 is 0 Å². The Balaban J connectivity index is 1.27. The minimum Gasteiger partial charge on any atom is -0.375 e. The summed E-state index contributed by atoms with van der Waals surface area (Å²) in [6, 6.07) is 5.84. The van der Waals surface area contributed by atoms with Gasteiger partial charge in [-0.25, -0.2) is 4.98 Å². The zero-order chi connectivity index (χ0) is 24.0. The maximum absolute atomic E-state index is 13.4. The van der Waals surface area contributed by atoms with Crippen LogP contribution in [0, 0.1) is 0 Å². The van der Waals surface area contributed by atoms with E-state index < -0.39 is 0 Å². The molecule has 0 bridgehead atoms. The van der Waals surface area contributed by atoms with Crippen LogP contribution in [-0.2, 0) is 4.74 Å². The van der Waals surface area contributed by atoms with Gasteiger partial charge in [-0.05, 0) is 63.5 Å². The molecule has 1 aliphatic heterocycles. The third-order valence-electron chi connectivity index (χ3n) is 7.57. The van der Waals surface area contributed by atoms with Crippen LogP contribution in [-0.4, -0.2) is 50.4 Å². The van der Waals surface area contributed by atoms with Crippen LogP contribution in [0.1, 0.15) is 67.8 Å². The molecule has 184 valence electrons. The van der Waals surface area contributed by atoms with E-state index in [1.54, 1.807) is 23.7 Å². The average Bonchev–Trinajstić information content (AvgIpc) is 3.39. The normalized spacial score (nSPS) is 24.1. The predicted octanol–water partition coefficient (Wildman–Crippen LogP) is 3.23. The molecule has 0 aromatic carbocycles. The molecule has 3 aromatic rings. The van der Waals surface area contributed by atoms with Crippen LogP contribution < -0.4 is 21.5 Å². The Labute approximate surface area is 203 Å². The average molecular weight is 478 g/mol. The van der Waals surface area contributed by atoms with Gasteiger partial charge in [0.2, 0.25) is 0 Å². The van der Waals surface area contributed by atoms with E-state index in [1.807, 2.05) is 16.8 Å². The second kappa shape index (κ2) is 8.67. The number of nitrogens with zero attached hydrogens (tertiary/aromatic N) is 4. The van der Waals surface area contributed by atoms with E-state index in [9.17, 15) is 9.59 Å². The summed E-state index contributed by atoms with van der Waals surface area (Å²) in [5, 5.41) is 13.6. The van der Waals surface area contributed by atoms with E-state index in [0.717, 1.165) is 58.0 Å². The monoisotopic (exact) mass is 477 g/mol. The number of hydrogen-bond donors (Lipinski definition) is 3. The van der Waals surface area contributed by atoms with Crippen molar-refractivity contribution < 1.29 is 9.53 Å². The van der Waals surface area contributed by atoms with Gasteiger partial charge in [-0.2, -0.15) is 9.61 Å². The zero-order valence-electron chi connectivity index (χ0n) is 19.9. The summed E-state index contributed by atoms with van der Waals surface area (Å²) < 4.78 is 9.49. The molecule has 35 heavy (non-hydrogen) atoms. The zero-order valence-corrected chi connectivity index (χ0v) is 19.9. The third kappa shape index (κ3) is 4.16. The van der Waals surface area contributed by atoms with Gasteiger partial charge in [0, 0.05) is 38.0 Å². The smallest absolute Gasteiger partial charge is 0.274 e. The quantitative estimate of drug-likeness (QED) is 0.499. The second-order valence-corrected chi connectivity index (χ2v) is 9.94. The number of rotatable bonds is 6. The number of amides is 1. The Hall–Kier alpha value is -3.40. The molecule has 10 nitrogen and oxygen atoms in total. The van der Waals surface area contributed by atoms with Crippen LogP contribution in [0.5, 0.6) is 0 Å². The number of fused-ring (bicyclic) bond motifs is 1. The van der Waals surface area contributed by atoms with Crippen LogP contribution in [0.15, 0.2) is 35.4 Å². The summed E-state index contributed by atoms with van der Waals surface area (Å²) in [6.45, 7) is 0.858. The molecule has 1 amide bonds. The minimum absolute atomic E-state index is 0.0353. The van der Waals surface area contributed by atoms with Crippen LogP contribution >= 0.6 is 0 Å². The number of hydrogen-bond acceptors (Lipinski definition) is 7. The lowest BCUT2D eigenvalue weighted by Crippen LogP contribution is -2.36. The molecule has 2 saturated carbocycles. The van der Waals surface area contributed by atoms with Crippen molar-refractivity contribution in [1.82, 2.24) is 24.5 Å². The molecule has 2 aliphatic carbocycles. The fraction of sp³-hybridized carbons (Fsp3) is 0.520. The third-order valence-corrected chi connectivity index (χ3v) is 7.57. The van der Waals surface area contributed by atoms with Gasteiger partial charge in [0.1, 0.15) is 22.9 Å². The number of carbonyl (C=O) groups excluding carboxylic acids is 1. The van der Waals surface area contributed by atoms with E-state index in [2.05, 4.69) is 26.0 Å². The molecule has 3 fully saturated rings. The summed E-state index contributed by atoms with van der Waals surface area (Å²) in [6.07, 6.45) is 11.5. The van der Waals surface area contributed by atoms with Crippen molar-refractivity contribution in [2.24, 2.45) is 0 Å². The maximum atomic E-state index is 13.4. The second-order valence-electron chi connectivity index (χ2n) is 9.94. The van der Waals surface area contributed by atoms with E-state index in [-0.39, 0.29) is 29.2 Å². The molecule has 0 radical (unpaired) electrons. The van der Waals surface area contributed by atoms with E-state index in [0.29, 0.717) is 28.5 Å². The first-order valence-electron chi connectivity index (χ1n) is 12.5. The molecule has 10 heteroatoms. The number of aromatic nitrogens is 4. The first kappa shape index (κ1) is 22.1. The van der Waals surface area contributed by atoms with E-state index in [4.69, 9.17) is 4.74 Å². The highest BCUT2D eigenvalue weighted by Crippen LogP contribution is 2.42. The van der Waals surface area contributed by atoms with Gasteiger partial charge in [-0.1, -0.05) is 0 Å². The largest absolute Gasteiger partial charge is 0.375 e. The molecule has 1 saturated heterocycles. The van der Waals surface area contributed by atoms with Crippen molar-refractivity contribution >= 4 is 28.9 Å². The highest BCUT2D eigenvalue weighted by molar-refractivity contribution is 6.00. The van der Waals surface area contributed by atoms with Gasteiger partial charge in [0.05, 0.1) is 11.8 Å². The minimum atomic E-state index is -0.183. The van der Waals surface area contributed by atoms with Crippen molar-refractivity contribution in [1.29, 1.82) is 0 Å². The topological polar surface area (TPSA) is 115 Å². The van der Waals surface area contributed by atoms with Gasteiger partial charge in [0.15, 0.2) is 5.65 Å². The van der Waals surface area contributed by atoms with Gasteiger partial charge in [0.25, 0.3) is 11.5 Å². The molecule has 0 atom stereocenters. The number of pyridine rings is 1. The molecular weight excluding hydrogens is 446 g/mol. The van der Waals surface area contributed by atoms with Gasteiger partial charge < -0.3 is 25.3 Å². The standard InChI is InChI=1S/C25H31N7O3/c1-26-21-14-20(30-22-18(15-27-32(21)22)23(33)28-16-5-6-16)29-19-4-2-12-31(24(19)34)17-7-10-25(11-8-17)9-3-13-35-25/h2,4,12,14-17,26H,3,5-11,13H2,1H3,(H,28,33)(H,29,30)/t17-,25+. The van der Waals surface area contributed by atoms with E-state index in [1.165, 1.54) is 6.20 Å². The van der Waals surface area contributed by atoms with Gasteiger partial charge in [-0.15, -0.1) is 0 Å². The van der Waals surface area contributed by atoms with Crippen molar-refractivity contribution in [3.63, 3.8) is 0 Å². The summed E-state index contributed by atoms with van der Waals surface area (Å²) in [5.41, 5.74) is 1.25. The highest BCUT2D eigenvalue weighted by atomic mass is 16.5. The lowest BCUT2D eigenvalue weighted by Gasteiger charge is -2.37. The fourth-order valence-corrected chi connectivity index (χ4v) is 5.44. The van der Waals surface area contributed by atoms with Crippen LogP contribution in [0.25, 0.3) is 5.65 Å². The van der Waals surface area contributed by atoms with Crippen LogP contribution in [0.4, 0.5) is 17.3 Å². The fourth-order valence-electron chi connectivity index (χ4n) is 5.44. The number of carbonyl (C=O) groups is 1. The predicted molar refractivity (Wildman–Crippen MR) is 132 cm³/mol. The number of nitrogens with one attached hydrogen (secondary N) is 3. The first-order chi connectivity index (χ1) is 17.0. The molecule has 0 unspecified atom stereocenters. The molecule has 3 aromatic heterocycles. The molecule has 4 heterocycles. The van der Waals surface area contributed by atoms with Gasteiger partial charge >= 0.3 is 0 Å².